The van der Waals surface area contributed by atoms with E-state index in [2.05, 4.69) is 5.32 Å². The van der Waals surface area contributed by atoms with Crippen LogP contribution in [0.1, 0.15) is 67.0 Å². The third-order valence-corrected chi connectivity index (χ3v) is 13.2. The Balaban J connectivity index is 0.986. The van der Waals surface area contributed by atoms with Crippen LogP contribution in [0, 0.1) is 5.41 Å². The molecule has 3 unspecified atom stereocenters. The van der Waals surface area contributed by atoms with Gasteiger partial charge in [0.1, 0.15) is 48.3 Å². The van der Waals surface area contributed by atoms with Gasteiger partial charge in [-0.1, -0.05) is 115 Å². The number of benzene rings is 6. The molecule has 1 aliphatic heterocycles. The normalized spacial score (nSPS) is 18.7. The Morgan fingerprint density at radius 2 is 1.18 bits per heavy atom. The molecular weight excluding hydrogens is 886 g/mol. The molecule has 13 nitrogen and oxygen atoms in total. The monoisotopic (exact) mass is 941 g/mol. The Bertz CT molecular complexity index is 2630. The highest BCUT2D eigenvalue weighted by Gasteiger charge is 2.49. The number of ether oxygens (including phenoxy) is 6. The molecule has 1 amide bonds. The second-order valence-electron chi connectivity index (χ2n) is 17.8. The second kappa shape index (κ2) is 20.4. The molecule has 1 fully saturated rings. The zero-order chi connectivity index (χ0) is 48.1. The lowest BCUT2D eigenvalue weighted by atomic mass is 9.80. The summed E-state index contributed by atoms with van der Waals surface area (Å²) < 4.78 is 60.9. The van der Waals surface area contributed by atoms with Crippen molar-refractivity contribution in [2.75, 3.05) is 27.4 Å². The van der Waals surface area contributed by atoms with Crippen molar-refractivity contribution in [2.45, 2.75) is 70.2 Å². The van der Waals surface area contributed by atoms with Crippen molar-refractivity contribution in [1.29, 1.82) is 0 Å². The van der Waals surface area contributed by atoms with Gasteiger partial charge in [-0.05, 0) is 109 Å². The highest BCUT2D eigenvalue weighted by atomic mass is 31.2. The maximum Gasteiger partial charge on any atom is 0.527 e. The van der Waals surface area contributed by atoms with Crippen LogP contribution >= 0.6 is 7.82 Å². The minimum atomic E-state index is -4.95. The average Bonchev–Trinajstić information content (AvgIpc) is 3.82. The van der Waals surface area contributed by atoms with Crippen molar-refractivity contribution in [3.63, 3.8) is 0 Å². The van der Waals surface area contributed by atoms with Crippen LogP contribution < -0.4 is 19.3 Å². The van der Waals surface area contributed by atoms with Crippen molar-refractivity contribution in [3.05, 3.63) is 185 Å². The van der Waals surface area contributed by atoms with Crippen LogP contribution in [-0.2, 0) is 45.0 Å². The number of esters is 1. The maximum absolute atomic E-state index is 13.9. The van der Waals surface area contributed by atoms with E-state index in [1.54, 1.807) is 66.2 Å². The summed E-state index contributed by atoms with van der Waals surface area (Å²) in [6.07, 6.45) is -3.89. The van der Waals surface area contributed by atoms with Gasteiger partial charge in [0.05, 0.1) is 38.4 Å². The fourth-order valence-corrected chi connectivity index (χ4v) is 9.78. The molecule has 354 valence electrons. The molecule has 1 saturated heterocycles. The first-order chi connectivity index (χ1) is 32.7. The largest absolute Gasteiger partial charge is 0.527 e. The number of phosphoric ester groups is 1. The number of carbonyl (C=O) groups excluding carboxylic acids is 2. The van der Waals surface area contributed by atoms with E-state index in [4.69, 9.17) is 37.5 Å². The number of hydrogen-bond donors (Lipinski definition) is 2. The Labute approximate surface area is 396 Å². The standard InChI is InChI=1S/C54H56NO12P/c1-35-49(55-52(57)63-33-47-45-18-12-10-16-43(45)44-17-11-13-19-46(44)47)50(48(65-35)34-62-51(56)53(2,3)4)67-68(58,59)66-42-26-20-36(21-27-42)32-64-54(37-14-8-7-9-15-37,38-22-28-40(60-5)29-23-38)39-24-30-41(61-6)31-25-39/h7-31,35,47-50H,32-34H2,1-6H3,(H,55,57)(H,58,59)/t35-,48+,49?,50?/m0/s1. The third kappa shape index (κ3) is 10.5. The van der Waals surface area contributed by atoms with E-state index < -0.39 is 55.3 Å². The van der Waals surface area contributed by atoms with Crippen molar-refractivity contribution >= 4 is 19.9 Å². The SMILES string of the molecule is COc1ccc(C(OCc2ccc(OP(=O)(O)OC3C(NC(=O)OCC4c5ccccc5-c5ccccc54)[C@H](C)O[C@@H]3COC(=O)C(C)(C)C)cc2)(c2ccccc2)c2ccc(OC)cc2)cc1. The van der Waals surface area contributed by atoms with Crippen molar-refractivity contribution < 1.29 is 56.5 Å². The molecule has 0 spiro atoms. The van der Waals surface area contributed by atoms with Gasteiger partial charge in [-0.2, -0.15) is 0 Å². The Morgan fingerprint density at radius 3 is 1.72 bits per heavy atom. The highest BCUT2D eigenvalue weighted by Crippen LogP contribution is 2.49. The van der Waals surface area contributed by atoms with E-state index in [9.17, 15) is 19.0 Å². The molecule has 8 rings (SSSR count). The van der Waals surface area contributed by atoms with E-state index in [0.717, 1.165) is 44.5 Å². The zero-order valence-electron chi connectivity index (χ0n) is 38.8. The zero-order valence-corrected chi connectivity index (χ0v) is 39.7. The van der Waals surface area contributed by atoms with E-state index in [-0.39, 0.29) is 31.5 Å². The van der Waals surface area contributed by atoms with Gasteiger partial charge >= 0.3 is 19.9 Å². The lowest BCUT2D eigenvalue weighted by Gasteiger charge is -2.36. The molecule has 0 saturated carbocycles. The van der Waals surface area contributed by atoms with E-state index in [1.807, 2.05) is 127 Å². The number of carbonyl (C=O) groups is 2. The second-order valence-corrected chi connectivity index (χ2v) is 19.1. The molecule has 0 radical (unpaired) electrons. The first-order valence-electron chi connectivity index (χ1n) is 22.4. The van der Waals surface area contributed by atoms with Crippen LogP contribution in [0.15, 0.2) is 152 Å². The number of rotatable bonds is 17. The number of alkyl carbamates (subject to hydrolysis) is 1. The third-order valence-electron chi connectivity index (χ3n) is 12.3. The molecule has 68 heavy (non-hydrogen) atoms. The maximum atomic E-state index is 13.9. The van der Waals surface area contributed by atoms with E-state index >= 15 is 0 Å². The summed E-state index contributed by atoms with van der Waals surface area (Å²) in [7, 11) is -1.72. The van der Waals surface area contributed by atoms with E-state index in [1.165, 1.54) is 0 Å². The van der Waals surface area contributed by atoms with Gasteiger partial charge in [-0.15, -0.1) is 0 Å². The van der Waals surface area contributed by atoms with Crippen LogP contribution in [0.2, 0.25) is 0 Å². The number of nitrogens with one attached hydrogen (secondary N) is 1. The predicted molar refractivity (Wildman–Crippen MR) is 256 cm³/mol. The Morgan fingerprint density at radius 1 is 0.662 bits per heavy atom. The van der Waals surface area contributed by atoms with Gasteiger partial charge in [0, 0.05) is 5.92 Å². The van der Waals surface area contributed by atoms with Crippen LogP contribution in [0.5, 0.6) is 17.2 Å². The van der Waals surface area contributed by atoms with Gasteiger partial charge in [0.15, 0.2) is 0 Å². The van der Waals surface area contributed by atoms with Crippen molar-refractivity contribution in [3.8, 4) is 28.4 Å². The van der Waals surface area contributed by atoms with Crippen LogP contribution in [-0.4, -0.2) is 68.7 Å². The number of fused-ring (bicyclic) bond motifs is 3. The molecule has 1 aliphatic carbocycles. The summed E-state index contributed by atoms with van der Waals surface area (Å²) in [5, 5.41) is 2.80. The number of phosphoric acid groups is 1. The summed E-state index contributed by atoms with van der Waals surface area (Å²) in [5.41, 5.74) is 5.68. The van der Waals surface area contributed by atoms with Crippen molar-refractivity contribution in [2.24, 2.45) is 5.41 Å². The highest BCUT2D eigenvalue weighted by molar-refractivity contribution is 7.47. The fraction of sp³-hybridized carbons (Fsp3) is 0.296. The van der Waals surface area contributed by atoms with Crippen molar-refractivity contribution in [1.82, 2.24) is 5.32 Å². The molecular formula is C54H56NO12P. The topological polar surface area (TPSA) is 157 Å². The minimum absolute atomic E-state index is 0.0305. The fourth-order valence-electron chi connectivity index (χ4n) is 8.77. The summed E-state index contributed by atoms with van der Waals surface area (Å²) in [6, 6.07) is 46.8. The molecule has 2 N–H and O–H groups in total. The quantitative estimate of drug-likeness (QED) is 0.0507. The molecule has 1 heterocycles. The summed E-state index contributed by atoms with van der Waals surface area (Å²) >= 11 is 0. The number of methoxy groups -OCH3 is 2. The molecule has 6 aromatic rings. The molecule has 14 heteroatoms. The molecule has 2 aliphatic rings. The summed E-state index contributed by atoms with van der Waals surface area (Å²) in [4.78, 5) is 37.7. The smallest absolute Gasteiger partial charge is 0.497 e. The van der Waals surface area contributed by atoms with Crippen LogP contribution in [0.25, 0.3) is 11.1 Å². The Kier molecular flexibility index (Phi) is 14.4. The average molecular weight is 942 g/mol. The van der Waals surface area contributed by atoms with Gasteiger partial charge in [-0.25, -0.2) is 9.36 Å². The summed E-state index contributed by atoms with van der Waals surface area (Å²) in [6.45, 7) is 6.64. The molecule has 0 bridgehead atoms. The predicted octanol–water partition coefficient (Wildman–Crippen LogP) is 10.4. The molecule has 0 aromatic heterocycles. The van der Waals surface area contributed by atoms with Gasteiger partial charge in [0.25, 0.3) is 0 Å². The van der Waals surface area contributed by atoms with Gasteiger partial charge < -0.3 is 38.3 Å². The summed E-state index contributed by atoms with van der Waals surface area (Å²) in [5.74, 6) is 0.718. The lowest BCUT2D eigenvalue weighted by molar-refractivity contribution is -0.158. The van der Waals surface area contributed by atoms with Crippen LogP contribution in [0.3, 0.4) is 0 Å². The lowest BCUT2D eigenvalue weighted by Crippen LogP contribution is -2.49. The minimum Gasteiger partial charge on any atom is -0.497 e. The van der Waals surface area contributed by atoms with Crippen LogP contribution in [0.4, 0.5) is 4.79 Å². The molecule has 5 atom stereocenters. The Hall–Kier alpha value is -6.47. The number of amides is 1. The van der Waals surface area contributed by atoms with E-state index in [0.29, 0.717) is 11.5 Å². The van der Waals surface area contributed by atoms with Gasteiger partial charge in [0.2, 0.25) is 0 Å². The first kappa shape index (κ1) is 48.0. The number of hydrogen-bond acceptors (Lipinski definition) is 11. The molecule has 6 aromatic carbocycles. The first-order valence-corrected chi connectivity index (χ1v) is 23.9. The van der Waals surface area contributed by atoms with Gasteiger partial charge in [-0.3, -0.25) is 14.2 Å².